The Labute approximate surface area is 80.5 Å². The van der Waals surface area contributed by atoms with E-state index < -0.39 is 5.09 Å². The Balaban J connectivity index is 0.000000364. The van der Waals surface area contributed by atoms with Crippen molar-refractivity contribution in [3.8, 4) is 0 Å². The first-order chi connectivity index (χ1) is 6.49. The second-order valence-corrected chi connectivity index (χ2v) is 2.82. The number of hydrogen-bond donors (Lipinski definition) is 3. The van der Waals surface area contributed by atoms with Crippen LogP contribution < -0.4 is 11.5 Å². The monoisotopic (exact) mass is 206 g/mol. The smallest absolute Gasteiger partial charge is 0.341 e. The van der Waals surface area contributed by atoms with Crippen molar-refractivity contribution in [2.45, 2.75) is 18.9 Å². The lowest BCUT2D eigenvalue weighted by atomic mass is 10.2. The van der Waals surface area contributed by atoms with Crippen LogP contribution in [-0.4, -0.2) is 39.9 Å². The summed E-state index contributed by atoms with van der Waals surface area (Å²) in [5, 5.41) is 23.6. The Morgan fingerprint density at radius 3 is 2.36 bits per heavy atom. The average molecular weight is 206 g/mol. The van der Waals surface area contributed by atoms with E-state index in [-0.39, 0.29) is 12.6 Å². The molecule has 0 amide bonds. The molecule has 1 aliphatic heterocycles. The lowest BCUT2D eigenvalue weighted by Crippen LogP contribution is -2.39. The van der Waals surface area contributed by atoms with E-state index >= 15 is 0 Å². The van der Waals surface area contributed by atoms with Crippen molar-refractivity contribution in [2.75, 3.05) is 13.2 Å². The van der Waals surface area contributed by atoms with E-state index in [0.717, 1.165) is 19.4 Å². The number of hydrogen-bond acceptors (Lipinski definition) is 4. The van der Waals surface area contributed by atoms with Gasteiger partial charge in [-0.3, -0.25) is 16.0 Å². The van der Waals surface area contributed by atoms with Gasteiger partial charge in [-0.05, 0) is 12.8 Å². The van der Waals surface area contributed by atoms with Crippen LogP contribution in [0.5, 0.6) is 0 Å². The van der Waals surface area contributed by atoms with E-state index in [1.54, 1.807) is 0 Å². The summed E-state index contributed by atoms with van der Waals surface area (Å²) in [7, 11) is 0. The van der Waals surface area contributed by atoms with Crippen LogP contribution in [0, 0.1) is 15.3 Å². The van der Waals surface area contributed by atoms with Crippen molar-refractivity contribution in [1.29, 1.82) is 0 Å². The molecular weight excluding hydrogens is 192 g/mol. The van der Waals surface area contributed by atoms with E-state index in [0.29, 0.717) is 5.96 Å². The van der Waals surface area contributed by atoms with Gasteiger partial charge >= 0.3 is 5.96 Å². The van der Waals surface area contributed by atoms with Crippen molar-refractivity contribution in [3.05, 3.63) is 15.3 Å². The third-order valence-electron chi connectivity index (χ3n) is 1.92. The summed E-state index contributed by atoms with van der Waals surface area (Å²) >= 11 is 0. The van der Waals surface area contributed by atoms with E-state index in [1.165, 1.54) is 0 Å². The molecule has 14 heavy (non-hydrogen) atoms. The van der Waals surface area contributed by atoms with Gasteiger partial charge in [-0.2, -0.15) is 0 Å². The molecule has 1 rings (SSSR count). The van der Waals surface area contributed by atoms with Crippen LogP contribution >= 0.6 is 0 Å². The number of nitrogens with two attached hydrogens (primary N) is 2. The molecule has 0 unspecified atom stereocenters. The van der Waals surface area contributed by atoms with E-state index in [1.807, 2.05) is 4.58 Å². The van der Waals surface area contributed by atoms with Gasteiger partial charge in [-0.1, -0.05) is 0 Å². The van der Waals surface area contributed by atoms with Gasteiger partial charge < -0.3 is 20.4 Å². The van der Waals surface area contributed by atoms with Crippen LogP contribution in [0.4, 0.5) is 0 Å². The van der Waals surface area contributed by atoms with Crippen LogP contribution in [0.3, 0.4) is 0 Å². The highest BCUT2D eigenvalue weighted by molar-refractivity contribution is 5.70. The molecular formula is C6H14N4O4. The SMILES string of the molecule is NC(N)=[N+]1CCC[C@@H]1CO.O=[N+]([O-])[O-]. The Morgan fingerprint density at radius 2 is 2.07 bits per heavy atom. The van der Waals surface area contributed by atoms with Gasteiger partial charge in [-0.25, -0.2) is 0 Å². The minimum Gasteiger partial charge on any atom is -0.393 e. The maximum atomic E-state index is 8.82. The van der Waals surface area contributed by atoms with Crippen LogP contribution in [0.1, 0.15) is 12.8 Å². The predicted octanol–water partition coefficient (Wildman–Crippen LogP) is -1.81. The minimum atomic E-state index is -1.75. The standard InChI is InChI=1S/C6H13N3O.NO3/c7-6(8)9-3-1-2-5(9)4-10;2-1(3)4/h5,10H,1-4H2,(H3,7,8);/q;-1/p+1/t5-;/m1./s1. The fraction of sp³-hybridized carbons (Fsp3) is 0.833. The van der Waals surface area contributed by atoms with Crippen molar-refractivity contribution in [2.24, 2.45) is 11.5 Å². The number of aliphatic hydroxyl groups is 1. The number of rotatable bonds is 1. The molecule has 5 N–H and O–H groups in total. The van der Waals surface area contributed by atoms with Crippen LogP contribution in [-0.2, 0) is 0 Å². The third-order valence-corrected chi connectivity index (χ3v) is 1.92. The molecule has 0 saturated carbocycles. The summed E-state index contributed by atoms with van der Waals surface area (Å²) in [6, 6.07) is 0.157. The maximum Gasteiger partial charge on any atom is 0.341 e. The first kappa shape index (κ1) is 12.4. The predicted molar refractivity (Wildman–Crippen MR) is 49.0 cm³/mol. The highest BCUT2D eigenvalue weighted by Crippen LogP contribution is 2.10. The zero-order valence-corrected chi connectivity index (χ0v) is 7.63. The van der Waals surface area contributed by atoms with Gasteiger partial charge in [-0.15, -0.1) is 0 Å². The fourth-order valence-electron chi connectivity index (χ4n) is 1.37. The van der Waals surface area contributed by atoms with Crippen LogP contribution in [0.15, 0.2) is 0 Å². The molecule has 0 aromatic rings. The van der Waals surface area contributed by atoms with Gasteiger partial charge in [0.25, 0.3) is 0 Å². The molecule has 8 heteroatoms. The summed E-state index contributed by atoms with van der Waals surface area (Å²) < 4.78 is 1.85. The Morgan fingerprint density at radius 1 is 1.57 bits per heavy atom. The summed E-state index contributed by atoms with van der Waals surface area (Å²) in [4.78, 5) is 8.25. The zero-order valence-electron chi connectivity index (χ0n) is 7.63. The number of nitrogens with zero attached hydrogens (tertiary/aromatic N) is 2. The lowest BCUT2D eigenvalue weighted by molar-refractivity contribution is -0.548. The second kappa shape index (κ2) is 5.97. The van der Waals surface area contributed by atoms with E-state index in [4.69, 9.17) is 31.9 Å². The normalized spacial score (nSPS) is 19.8. The van der Waals surface area contributed by atoms with Gasteiger partial charge in [0.15, 0.2) is 0 Å². The first-order valence-electron chi connectivity index (χ1n) is 4.06. The third kappa shape index (κ3) is 4.45. The number of aliphatic hydroxyl groups excluding tert-OH is 1. The van der Waals surface area contributed by atoms with Crippen LogP contribution in [0.2, 0.25) is 0 Å². The molecule has 0 spiro atoms. The van der Waals surface area contributed by atoms with Crippen molar-refractivity contribution >= 4 is 5.96 Å². The second-order valence-electron chi connectivity index (χ2n) is 2.82. The van der Waals surface area contributed by atoms with Crippen molar-refractivity contribution in [3.63, 3.8) is 0 Å². The topological polar surface area (TPSA) is 141 Å². The van der Waals surface area contributed by atoms with Gasteiger partial charge in [0.1, 0.15) is 6.04 Å². The van der Waals surface area contributed by atoms with Gasteiger partial charge in [0.2, 0.25) is 0 Å². The summed E-state index contributed by atoms with van der Waals surface area (Å²) in [5.74, 6) is 0.330. The van der Waals surface area contributed by atoms with E-state index in [9.17, 15) is 0 Å². The largest absolute Gasteiger partial charge is 0.393 e. The molecule has 0 radical (unpaired) electrons. The highest BCUT2D eigenvalue weighted by Gasteiger charge is 2.23. The van der Waals surface area contributed by atoms with Gasteiger partial charge in [0.05, 0.1) is 18.2 Å². The summed E-state index contributed by atoms with van der Waals surface area (Å²) in [6.45, 7) is 1.03. The average Bonchev–Trinajstić information content (AvgIpc) is 2.49. The fourth-order valence-corrected chi connectivity index (χ4v) is 1.37. The summed E-state index contributed by atoms with van der Waals surface area (Å²) in [6.07, 6.45) is 2.07. The Hall–Kier alpha value is -1.57. The molecule has 1 heterocycles. The maximum absolute atomic E-state index is 8.82. The molecule has 1 aliphatic rings. The first-order valence-corrected chi connectivity index (χ1v) is 4.06. The van der Waals surface area contributed by atoms with E-state index in [2.05, 4.69) is 0 Å². The van der Waals surface area contributed by atoms with Crippen molar-refractivity contribution < 1.29 is 14.8 Å². The number of guanidine groups is 1. The highest BCUT2D eigenvalue weighted by atomic mass is 16.9. The Kier molecular flexibility index (Phi) is 5.30. The molecule has 0 bridgehead atoms. The molecule has 1 atom stereocenters. The molecule has 8 nitrogen and oxygen atoms in total. The Bertz CT molecular complexity index is 222. The quantitative estimate of drug-likeness (QED) is 0.200. The molecule has 82 valence electrons. The molecule has 0 aromatic heterocycles. The molecule has 1 fully saturated rings. The molecule has 0 aromatic carbocycles. The zero-order chi connectivity index (χ0) is 11.1. The minimum absolute atomic E-state index is 0.151. The molecule has 1 saturated heterocycles. The molecule has 0 aliphatic carbocycles. The summed E-state index contributed by atoms with van der Waals surface area (Å²) in [5.41, 5.74) is 10.7. The lowest BCUT2D eigenvalue weighted by Gasteiger charge is -2.07. The van der Waals surface area contributed by atoms with Crippen molar-refractivity contribution in [1.82, 2.24) is 0 Å². The van der Waals surface area contributed by atoms with Gasteiger partial charge in [0, 0.05) is 0 Å². The van der Waals surface area contributed by atoms with Crippen LogP contribution in [0.25, 0.3) is 0 Å².